The third-order valence-corrected chi connectivity index (χ3v) is 5.91. The molecule has 136 valence electrons. The lowest BCUT2D eigenvalue weighted by molar-refractivity contribution is 0.0730. The Bertz CT molecular complexity index is 942. The summed E-state index contributed by atoms with van der Waals surface area (Å²) in [6, 6.07) is 6.94. The highest BCUT2D eigenvalue weighted by molar-refractivity contribution is 7.89. The second kappa shape index (κ2) is 7.61. The van der Waals surface area contributed by atoms with E-state index in [2.05, 4.69) is 25.9 Å². The molecule has 2 heterocycles. The maximum Gasteiger partial charge on any atom is 0.243 e. The molecule has 3 rings (SSSR count). The van der Waals surface area contributed by atoms with E-state index in [1.165, 1.54) is 10.5 Å². The molecular weight excluding hydrogens is 358 g/mol. The van der Waals surface area contributed by atoms with Crippen LogP contribution in [-0.2, 0) is 14.8 Å². The molecule has 11 heteroatoms. The number of hydrogen-bond acceptors (Lipinski definition) is 8. The standard InChI is InChI=1S/C15H17N7O3S/c1-11-2-3-13(17-10-12(9-16)15-18-20-21-19-15)8-14(11)26(23,24)22-4-6-25-7-5-22/h2-3,8,10,17H,4-7H2,1H3,(H,18,19,20,21). The number of morpholine rings is 1. The van der Waals surface area contributed by atoms with Crippen LogP contribution in [0.1, 0.15) is 11.4 Å². The lowest BCUT2D eigenvalue weighted by atomic mass is 10.2. The van der Waals surface area contributed by atoms with E-state index in [4.69, 9.17) is 4.74 Å². The number of aryl methyl sites for hydroxylation is 1. The quantitative estimate of drug-likeness (QED) is 0.721. The Morgan fingerprint density at radius 3 is 2.85 bits per heavy atom. The van der Waals surface area contributed by atoms with Crippen molar-refractivity contribution in [3.8, 4) is 6.07 Å². The van der Waals surface area contributed by atoms with Crippen LogP contribution in [0.3, 0.4) is 0 Å². The first-order chi connectivity index (χ1) is 12.5. The molecule has 1 fully saturated rings. The molecule has 26 heavy (non-hydrogen) atoms. The Kier molecular flexibility index (Phi) is 5.27. The second-order valence-corrected chi connectivity index (χ2v) is 7.45. The zero-order chi connectivity index (χ0) is 18.6. The number of anilines is 1. The summed E-state index contributed by atoms with van der Waals surface area (Å²) in [5.41, 5.74) is 1.33. The van der Waals surface area contributed by atoms with Crippen LogP contribution in [0.15, 0.2) is 29.3 Å². The van der Waals surface area contributed by atoms with Crippen molar-refractivity contribution in [2.45, 2.75) is 11.8 Å². The molecule has 0 aliphatic carbocycles. The molecule has 0 unspecified atom stereocenters. The first kappa shape index (κ1) is 18.0. The van der Waals surface area contributed by atoms with Crippen molar-refractivity contribution in [1.29, 1.82) is 5.26 Å². The third kappa shape index (κ3) is 3.72. The summed E-state index contributed by atoms with van der Waals surface area (Å²) in [6.45, 7) is 3.17. The first-order valence-electron chi connectivity index (χ1n) is 7.81. The number of sulfonamides is 1. The average molecular weight is 375 g/mol. The maximum atomic E-state index is 12.9. The lowest BCUT2D eigenvalue weighted by Gasteiger charge is -2.26. The smallest absolute Gasteiger partial charge is 0.243 e. The minimum atomic E-state index is -3.61. The van der Waals surface area contributed by atoms with Gasteiger partial charge in [0.25, 0.3) is 0 Å². The molecule has 1 saturated heterocycles. The fourth-order valence-electron chi connectivity index (χ4n) is 2.47. The first-order valence-corrected chi connectivity index (χ1v) is 9.25. The van der Waals surface area contributed by atoms with Crippen LogP contribution in [0.4, 0.5) is 5.69 Å². The predicted molar refractivity (Wildman–Crippen MR) is 92.1 cm³/mol. The van der Waals surface area contributed by atoms with E-state index in [9.17, 15) is 13.7 Å². The van der Waals surface area contributed by atoms with E-state index in [0.29, 0.717) is 37.6 Å². The number of nitrogens with zero attached hydrogens (tertiary/aromatic N) is 5. The van der Waals surface area contributed by atoms with Gasteiger partial charge in [-0.3, -0.25) is 0 Å². The van der Waals surface area contributed by atoms with E-state index in [-0.39, 0.29) is 16.3 Å². The number of allylic oxidation sites excluding steroid dienone is 1. The molecule has 10 nitrogen and oxygen atoms in total. The highest BCUT2D eigenvalue weighted by atomic mass is 32.2. The molecule has 1 aromatic carbocycles. The molecule has 0 bridgehead atoms. The van der Waals surface area contributed by atoms with Gasteiger partial charge in [0.1, 0.15) is 11.6 Å². The Balaban J connectivity index is 1.87. The van der Waals surface area contributed by atoms with Crippen LogP contribution in [0.5, 0.6) is 0 Å². The van der Waals surface area contributed by atoms with Crippen molar-refractivity contribution in [2.75, 3.05) is 31.6 Å². The van der Waals surface area contributed by atoms with Crippen LogP contribution < -0.4 is 5.32 Å². The minimum absolute atomic E-state index is 0.147. The summed E-state index contributed by atoms with van der Waals surface area (Å²) in [5.74, 6) is 0.147. The summed E-state index contributed by atoms with van der Waals surface area (Å²) >= 11 is 0. The van der Waals surface area contributed by atoms with Crippen molar-refractivity contribution in [2.24, 2.45) is 0 Å². The Hall–Kier alpha value is -2.81. The summed E-state index contributed by atoms with van der Waals surface area (Å²) in [4.78, 5) is 0.218. The SMILES string of the molecule is Cc1ccc(NC=C(C#N)c2nn[nH]n2)cc1S(=O)(=O)N1CCOCC1. The van der Waals surface area contributed by atoms with Crippen LogP contribution in [-0.4, -0.2) is 59.7 Å². The number of nitriles is 1. The molecule has 2 aromatic rings. The highest BCUT2D eigenvalue weighted by Gasteiger charge is 2.27. The van der Waals surface area contributed by atoms with E-state index >= 15 is 0 Å². The van der Waals surface area contributed by atoms with Crippen molar-refractivity contribution in [3.63, 3.8) is 0 Å². The van der Waals surface area contributed by atoms with Gasteiger partial charge >= 0.3 is 0 Å². The molecular formula is C15H17N7O3S. The Labute approximate surface area is 150 Å². The number of nitrogens with one attached hydrogen (secondary N) is 2. The normalized spacial score (nSPS) is 16.2. The van der Waals surface area contributed by atoms with Gasteiger partial charge in [0.2, 0.25) is 15.8 Å². The molecule has 0 radical (unpaired) electrons. The van der Waals surface area contributed by atoms with Crippen LogP contribution in [0.25, 0.3) is 5.57 Å². The van der Waals surface area contributed by atoms with Crippen LogP contribution in [0, 0.1) is 18.3 Å². The number of ether oxygens (including phenoxy) is 1. The average Bonchev–Trinajstić information content (AvgIpc) is 3.18. The van der Waals surface area contributed by atoms with Gasteiger partial charge in [0, 0.05) is 25.0 Å². The summed E-state index contributed by atoms with van der Waals surface area (Å²) < 4.78 is 32.4. The number of benzene rings is 1. The van der Waals surface area contributed by atoms with Gasteiger partial charge in [-0.1, -0.05) is 6.07 Å². The minimum Gasteiger partial charge on any atom is -0.379 e. The molecule has 0 atom stereocenters. The summed E-state index contributed by atoms with van der Waals surface area (Å²) in [5, 5.41) is 25.2. The summed E-state index contributed by atoms with van der Waals surface area (Å²) in [7, 11) is -3.61. The van der Waals surface area contributed by atoms with Crippen LogP contribution >= 0.6 is 0 Å². The van der Waals surface area contributed by atoms with Gasteiger partial charge < -0.3 is 10.1 Å². The van der Waals surface area contributed by atoms with Gasteiger partial charge in [0.05, 0.1) is 18.1 Å². The van der Waals surface area contributed by atoms with Gasteiger partial charge in [-0.2, -0.15) is 14.8 Å². The summed E-state index contributed by atoms with van der Waals surface area (Å²) in [6.07, 6.45) is 1.40. The zero-order valence-corrected chi connectivity index (χ0v) is 14.8. The van der Waals surface area contributed by atoms with E-state index in [0.717, 1.165) is 0 Å². The fourth-order valence-corrected chi connectivity index (χ4v) is 4.13. The van der Waals surface area contributed by atoms with E-state index in [1.807, 2.05) is 6.07 Å². The molecule has 1 aliphatic rings. The number of tetrazole rings is 1. The monoisotopic (exact) mass is 375 g/mol. The van der Waals surface area contributed by atoms with Gasteiger partial charge in [-0.05, 0) is 29.8 Å². The van der Waals surface area contributed by atoms with Gasteiger partial charge in [0.15, 0.2) is 0 Å². The Morgan fingerprint density at radius 1 is 1.42 bits per heavy atom. The number of aromatic amines is 1. The van der Waals surface area contributed by atoms with Crippen molar-refractivity contribution < 1.29 is 13.2 Å². The molecule has 0 saturated carbocycles. The van der Waals surface area contributed by atoms with E-state index in [1.54, 1.807) is 25.1 Å². The second-order valence-electron chi connectivity index (χ2n) is 5.55. The zero-order valence-electron chi connectivity index (χ0n) is 14.0. The van der Waals surface area contributed by atoms with Crippen molar-refractivity contribution in [3.05, 3.63) is 35.8 Å². The molecule has 0 amide bonds. The van der Waals surface area contributed by atoms with Crippen molar-refractivity contribution >= 4 is 21.3 Å². The molecule has 1 aromatic heterocycles. The van der Waals surface area contributed by atoms with Crippen LogP contribution in [0.2, 0.25) is 0 Å². The van der Waals surface area contributed by atoms with Crippen molar-refractivity contribution in [1.82, 2.24) is 24.9 Å². The topological polar surface area (TPSA) is 137 Å². The lowest BCUT2D eigenvalue weighted by Crippen LogP contribution is -2.40. The maximum absolute atomic E-state index is 12.9. The number of hydrogen-bond donors (Lipinski definition) is 2. The molecule has 1 aliphatic heterocycles. The van der Waals surface area contributed by atoms with Gasteiger partial charge in [-0.15, -0.1) is 10.2 Å². The largest absolute Gasteiger partial charge is 0.379 e. The number of H-pyrrole nitrogens is 1. The molecule has 2 N–H and O–H groups in total. The highest BCUT2D eigenvalue weighted by Crippen LogP contribution is 2.24. The Morgan fingerprint density at radius 2 is 2.19 bits per heavy atom. The fraction of sp³-hybridized carbons (Fsp3) is 0.333. The predicted octanol–water partition coefficient (Wildman–Crippen LogP) is 0.506. The number of aromatic nitrogens is 4. The third-order valence-electron chi connectivity index (χ3n) is 3.87. The van der Waals surface area contributed by atoms with E-state index < -0.39 is 10.0 Å². The van der Waals surface area contributed by atoms with Gasteiger partial charge in [-0.25, -0.2) is 8.42 Å². The molecule has 0 spiro atoms. The number of rotatable bonds is 5.